The van der Waals surface area contributed by atoms with E-state index in [2.05, 4.69) is 176 Å². The minimum atomic E-state index is -0.331. The highest BCUT2D eigenvalue weighted by molar-refractivity contribution is 6.01. The van der Waals surface area contributed by atoms with Crippen LogP contribution in [0.1, 0.15) is 83.2 Å². The van der Waals surface area contributed by atoms with Gasteiger partial charge in [0.05, 0.1) is 22.1 Å². The zero-order chi connectivity index (χ0) is 39.6. The second-order valence-corrected chi connectivity index (χ2v) is 17.8. The summed E-state index contributed by atoms with van der Waals surface area (Å²) in [5.74, 6) is 0.884. The molecule has 0 saturated heterocycles. The number of nitrogens with zero attached hydrogens (tertiary/aromatic N) is 3. The van der Waals surface area contributed by atoms with Crippen LogP contribution < -0.4 is 0 Å². The van der Waals surface area contributed by atoms with E-state index in [4.69, 9.17) is 9.97 Å². The number of aryl methyl sites for hydroxylation is 1. The van der Waals surface area contributed by atoms with Crippen molar-refractivity contribution >= 4 is 21.9 Å². The Bertz CT molecular complexity index is 2740. The summed E-state index contributed by atoms with van der Waals surface area (Å²) in [4.78, 5) is 10.5. The Labute approximate surface area is 331 Å². The second-order valence-electron chi connectivity index (χ2n) is 17.8. The molecule has 0 aliphatic carbocycles. The van der Waals surface area contributed by atoms with Gasteiger partial charge in [0.15, 0.2) is 0 Å². The maximum atomic E-state index is 11.3. The molecule has 0 aliphatic heterocycles. The van der Waals surface area contributed by atoms with Crippen LogP contribution in [0.3, 0.4) is 0 Å². The Balaban J connectivity index is 1.43. The number of hydrogen-bond acceptors (Lipinski definition) is 3. The third kappa shape index (κ3) is 6.47. The molecule has 0 saturated carbocycles. The quantitative estimate of drug-likeness (QED) is 0.185. The van der Waals surface area contributed by atoms with Crippen LogP contribution in [0.15, 0.2) is 140 Å². The SMILES string of the molecule is Cc1ccnc2c(-c3cccc(-c4cc(C(C)(C)c5ccccc5)cc5c4nc(-c4ccccc4O)n5-c4ccc(C(C)(C)C)cc4)c3)ccc(C(C)(C)C)c12. The molecule has 0 amide bonds. The molecule has 8 aromatic rings. The van der Waals surface area contributed by atoms with Crippen molar-refractivity contribution in [3.8, 4) is 45.1 Å². The van der Waals surface area contributed by atoms with E-state index in [1.807, 2.05) is 24.4 Å². The van der Waals surface area contributed by atoms with Crippen LogP contribution in [0, 0.1) is 6.92 Å². The molecule has 1 N–H and O–H groups in total. The molecule has 2 heterocycles. The third-order valence-corrected chi connectivity index (χ3v) is 11.5. The topological polar surface area (TPSA) is 50.9 Å². The molecule has 0 unspecified atom stereocenters. The number of phenolic OH excluding ortho intramolecular Hbond substituents is 1. The fraction of sp³-hybridized carbons (Fsp3) is 0.231. The molecule has 6 aromatic carbocycles. The number of rotatable bonds is 6. The zero-order valence-electron chi connectivity index (χ0n) is 34.1. The smallest absolute Gasteiger partial charge is 0.149 e. The number of fused-ring (bicyclic) bond motifs is 2. The Morgan fingerprint density at radius 3 is 1.89 bits per heavy atom. The van der Waals surface area contributed by atoms with Gasteiger partial charge < -0.3 is 5.11 Å². The first-order valence-electron chi connectivity index (χ1n) is 19.6. The van der Waals surface area contributed by atoms with E-state index >= 15 is 0 Å². The Hall–Kier alpha value is -6.00. The van der Waals surface area contributed by atoms with Gasteiger partial charge in [-0.25, -0.2) is 4.98 Å². The van der Waals surface area contributed by atoms with Crippen molar-refractivity contribution in [2.45, 2.75) is 78.6 Å². The number of aromatic hydroxyl groups is 1. The highest BCUT2D eigenvalue weighted by atomic mass is 16.3. The summed E-state index contributed by atoms with van der Waals surface area (Å²) in [5, 5.41) is 12.5. The second kappa shape index (κ2) is 13.6. The average Bonchev–Trinajstić information content (AvgIpc) is 3.56. The lowest BCUT2D eigenvalue weighted by Gasteiger charge is -2.27. The number of phenols is 1. The van der Waals surface area contributed by atoms with Crippen LogP contribution in [-0.4, -0.2) is 19.6 Å². The van der Waals surface area contributed by atoms with Crippen LogP contribution in [0.5, 0.6) is 5.75 Å². The molecule has 8 rings (SSSR count). The van der Waals surface area contributed by atoms with Crippen LogP contribution >= 0.6 is 0 Å². The van der Waals surface area contributed by atoms with Crippen molar-refractivity contribution in [2.75, 3.05) is 0 Å². The van der Waals surface area contributed by atoms with Gasteiger partial charge in [-0.2, -0.15) is 0 Å². The molecular weight excluding hydrogens is 683 g/mol. The fourth-order valence-corrected chi connectivity index (χ4v) is 8.14. The van der Waals surface area contributed by atoms with Gasteiger partial charge in [0.25, 0.3) is 0 Å². The lowest BCUT2D eigenvalue weighted by Crippen LogP contribution is -2.19. The molecule has 56 heavy (non-hydrogen) atoms. The monoisotopic (exact) mass is 733 g/mol. The molecule has 0 fully saturated rings. The summed E-state index contributed by atoms with van der Waals surface area (Å²) in [7, 11) is 0. The zero-order valence-corrected chi connectivity index (χ0v) is 34.1. The van der Waals surface area contributed by atoms with E-state index in [1.54, 1.807) is 6.07 Å². The molecule has 0 bridgehead atoms. The predicted octanol–water partition coefficient (Wildman–Crippen LogP) is 13.5. The highest BCUT2D eigenvalue weighted by Crippen LogP contribution is 2.43. The van der Waals surface area contributed by atoms with Crippen molar-refractivity contribution in [2.24, 2.45) is 0 Å². The van der Waals surface area contributed by atoms with E-state index in [1.165, 1.54) is 33.2 Å². The van der Waals surface area contributed by atoms with Gasteiger partial charge in [-0.3, -0.25) is 9.55 Å². The molecule has 4 heteroatoms. The first-order chi connectivity index (χ1) is 26.6. The Kier molecular flexibility index (Phi) is 9.00. The molecule has 0 atom stereocenters. The van der Waals surface area contributed by atoms with Crippen molar-refractivity contribution in [3.63, 3.8) is 0 Å². The number of imidazole rings is 1. The average molecular weight is 734 g/mol. The maximum Gasteiger partial charge on any atom is 0.149 e. The first kappa shape index (κ1) is 36.9. The summed E-state index contributed by atoms with van der Waals surface area (Å²) < 4.78 is 2.22. The lowest BCUT2D eigenvalue weighted by atomic mass is 9.77. The van der Waals surface area contributed by atoms with Gasteiger partial charge in [0, 0.05) is 33.8 Å². The van der Waals surface area contributed by atoms with Crippen LogP contribution in [-0.2, 0) is 16.2 Å². The minimum absolute atomic E-state index is 0.00767. The van der Waals surface area contributed by atoms with Crippen LogP contribution in [0.2, 0.25) is 0 Å². The van der Waals surface area contributed by atoms with E-state index in [0.717, 1.165) is 44.5 Å². The summed E-state index contributed by atoms with van der Waals surface area (Å²) in [5.41, 5.74) is 14.7. The minimum Gasteiger partial charge on any atom is -0.507 e. The number of aromatic nitrogens is 3. The number of benzene rings is 6. The number of para-hydroxylation sites is 1. The molecule has 0 aliphatic rings. The lowest BCUT2D eigenvalue weighted by molar-refractivity contribution is 0.477. The largest absolute Gasteiger partial charge is 0.507 e. The summed E-state index contributed by atoms with van der Waals surface area (Å²) in [6.07, 6.45) is 1.93. The van der Waals surface area contributed by atoms with Crippen molar-refractivity contribution in [3.05, 3.63) is 167 Å². The molecule has 0 spiro atoms. The third-order valence-electron chi connectivity index (χ3n) is 11.5. The standard InChI is InChI=1S/C52H51N3O/c1-33-28-29-53-48-40(26-27-43(46(33)48)51(5,6)7)34-16-15-17-35(30-34)42-31-38(52(8,9)37-18-11-10-12-19-37)32-44-47(42)54-49(41-20-13-14-21-45(41)56)55(44)39-24-22-36(23-25-39)50(2,3)4/h10-32,56H,1-9H3. The fourth-order valence-electron chi connectivity index (χ4n) is 8.14. The maximum absolute atomic E-state index is 11.3. The van der Waals surface area contributed by atoms with E-state index in [-0.39, 0.29) is 22.0 Å². The summed E-state index contributed by atoms with van der Waals surface area (Å²) >= 11 is 0. The van der Waals surface area contributed by atoms with Gasteiger partial charge in [-0.1, -0.05) is 140 Å². The van der Waals surface area contributed by atoms with Crippen LogP contribution in [0.25, 0.3) is 61.3 Å². The van der Waals surface area contributed by atoms with Gasteiger partial charge in [-0.15, -0.1) is 0 Å². The number of hydrogen-bond donors (Lipinski definition) is 1. The molecule has 2 aromatic heterocycles. The van der Waals surface area contributed by atoms with Gasteiger partial charge in [-0.05, 0) is 105 Å². The van der Waals surface area contributed by atoms with Crippen molar-refractivity contribution in [1.29, 1.82) is 0 Å². The van der Waals surface area contributed by atoms with Crippen molar-refractivity contribution in [1.82, 2.24) is 14.5 Å². The predicted molar refractivity (Wildman–Crippen MR) is 235 cm³/mol. The van der Waals surface area contributed by atoms with Gasteiger partial charge in [0.2, 0.25) is 0 Å². The normalized spacial score (nSPS) is 12.4. The molecule has 4 nitrogen and oxygen atoms in total. The summed E-state index contributed by atoms with van der Waals surface area (Å²) in [6.45, 7) is 20.3. The number of pyridine rings is 1. The van der Waals surface area contributed by atoms with E-state index < -0.39 is 0 Å². The van der Waals surface area contributed by atoms with Gasteiger partial charge in [0.1, 0.15) is 11.6 Å². The van der Waals surface area contributed by atoms with Crippen molar-refractivity contribution < 1.29 is 5.11 Å². The molecule has 280 valence electrons. The molecular formula is C52H51N3O. The molecule has 0 radical (unpaired) electrons. The first-order valence-corrected chi connectivity index (χ1v) is 19.6. The highest BCUT2D eigenvalue weighted by Gasteiger charge is 2.28. The van der Waals surface area contributed by atoms with E-state index in [0.29, 0.717) is 11.4 Å². The Morgan fingerprint density at radius 2 is 1.21 bits per heavy atom. The van der Waals surface area contributed by atoms with Crippen LogP contribution in [0.4, 0.5) is 0 Å². The van der Waals surface area contributed by atoms with E-state index in [9.17, 15) is 5.11 Å². The Morgan fingerprint density at radius 1 is 0.536 bits per heavy atom. The van der Waals surface area contributed by atoms with Gasteiger partial charge >= 0.3 is 0 Å². The summed E-state index contributed by atoms with van der Waals surface area (Å²) in [6, 6.07) is 47.1.